The first-order valence-electron chi connectivity index (χ1n) is 9.47. The van der Waals surface area contributed by atoms with E-state index in [0.717, 1.165) is 41.7 Å². The number of rotatable bonds is 4. The Morgan fingerprint density at radius 2 is 1.69 bits per heavy atom. The van der Waals surface area contributed by atoms with E-state index in [1.807, 2.05) is 38.1 Å². The third-order valence-corrected chi connectivity index (χ3v) is 5.50. The number of imide groups is 1. The van der Waals surface area contributed by atoms with E-state index in [-0.39, 0.29) is 18.4 Å². The summed E-state index contributed by atoms with van der Waals surface area (Å²) >= 11 is 0. The van der Waals surface area contributed by atoms with Crippen molar-refractivity contribution < 1.29 is 14.4 Å². The van der Waals surface area contributed by atoms with Gasteiger partial charge in [0.2, 0.25) is 5.91 Å². The zero-order valence-electron chi connectivity index (χ0n) is 15.6. The fourth-order valence-corrected chi connectivity index (χ4v) is 3.80. The number of urea groups is 1. The molecule has 140 valence electrons. The first-order valence-corrected chi connectivity index (χ1v) is 9.47. The number of hydrogen-bond donors (Lipinski definition) is 1. The molecule has 0 aliphatic carbocycles. The van der Waals surface area contributed by atoms with Crippen molar-refractivity contribution in [2.24, 2.45) is 0 Å². The van der Waals surface area contributed by atoms with E-state index in [4.69, 9.17) is 0 Å². The normalized spacial score (nSPS) is 23.8. The van der Waals surface area contributed by atoms with Crippen molar-refractivity contribution in [3.8, 4) is 0 Å². The molecule has 2 saturated heterocycles. The van der Waals surface area contributed by atoms with Gasteiger partial charge in [0.25, 0.3) is 5.91 Å². The van der Waals surface area contributed by atoms with Crippen LogP contribution in [0.15, 0.2) is 24.3 Å². The van der Waals surface area contributed by atoms with Crippen molar-refractivity contribution >= 4 is 17.8 Å². The molecule has 6 heteroatoms. The summed E-state index contributed by atoms with van der Waals surface area (Å²) in [5.41, 5.74) is 0.766. The van der Waals surface area contributed by atoms with Gasteiger partial charge in [-0.15, -0.1) is 0 Å². The maximum atomic E-state index is 13.1. The molecule has 2 fully saturated rings. The number of nitrogens with one attached hydrogen (secondary N) is 1. The zero-order chi connectivity index (χ0) is 18.7. The molecular formula is C20H27N3O3. The summed E-state index contributed by atoms with van der Waals surface area (Å²) in [6.45, 7) is 5.08. The lowest BCUT2D eigenvalue weighted by atomic mass is 9.87. The Morgan fingerprint density at radius 1 is 1.08 bits per heavy atom. The van der Waals surface area contributed by atoms with Crippen LogP contribution in [0.2, 0.25) is 0 Å². The fourth-order valence-electron chi connectivity index (χ4n) is 3.80. The van der Waals surface area contributed by atoms with Crippen LogP contribution in [-0.4, -0.2) is 47.3 Å². The lowest BCUT2D eigenvalue weighted by Gasteiger charge is -2.26. The smallest absolute Gasteiger partial charge is 0.325 e. The quantitative estimate of drug-likeness (QED) is 0.842. The Balaban J connectivity index is 1.79. The van der Waals surface area contributed by atoms with Crippen LogP contribution in [0.4, 0.5) is 4.79 Å². The summed E-state index contributed by atoms with van der Waals surface area (Å²) in [4.78, 5) is 41.1. The van der Waals surface area contributed by atoms with Crippen LogP contribution in [0.3, 0.4) is 0 Å². The van der Waals surface area contributed by atoms with Gasteiger partial charge < -0.3 is 10.2 Å². The van der Waals surface area contributed by atoms with Crippen LogP contribution in [0.25, 0.3) is 0 Å². The van der Waals surface area contributed by atoms with Gasteiger partial charge in [0.1, 0.15) is 12.1 Å². The van der Waals surface area contributed by atoms with E-state index < -0.39 is 11.6 Å². The van der Waals surface area contributed by atoms with Crippen molar-refractivity contribution in [3.05, 3.63) is 35.4 Å². The monoisotopic (exact) mass is 357 g/mol. The second-order valence-corrected chi connectivity index (χ2v) is 7.24. The second-order valence-electron chi connectivity index (χ2n) is 7.24. The van der Waals surface area contributed by atoms with E-state index in [1.54, 1.807) is 4.90 Å². The van der Waals surface area contributed by atoms with Gasteiger partial charge in [-0.2, -0.15) is 0 Å². The molecule has 2 aliphatic heterocycles. The number of benzene rings is 1. The van der Waals surface area contributed by atoms with Crippen LogP contribution in [0, 0.1) is 6.92 Å². The Labute approximate surface area is 154 Å². The molecule has 4 amide bonds. The van der Waals surface area contributed by atoms with Gasteiger partial charge in [-0.1, -0.05) is 49.6 Å². The minimum atomic E-state index is -1.08. The summed E-state index contributed by atoms with van der Waals surface area (Å²) < 4.78 is 0. The summed E-state index contributed by atoms with van der Waals surface area (Å²) in [7, 11) is 0. The van der Waals surface area contributed by atoms with Crippen molar-refractivity contribution in [1.29, 1.82) is 0 Å². The molecule has 2 aliphatic rings. The molecule has 0 radical (unpaired) electrons. The van der Waals surface area contributed by atoms with E-state index in [1.165, 1.54) is 0 Å². The molecule has 0 spiro atoms. The minimum Gasteiger partial charge on any atom is -0.341 e. The van der Waals surface area contributed by atoms with Gasteiger partial charge >= 0.3 is 6.03 Å². The largest absolute Gasteiger partial charge is 0.341 e. The van der Waals surface area contributed by atoms with E-state index in [0.29, 0.717) is 19.5 Å². The van der Waals surface area contributed by atoms with Gasteiger partial charge in [0, 0.05) is 13.1 Å². The predicted molar refractivity (Wildman–Crippen MR) is 98.4 cm³/mol. The SMILES string of the molecule is CCC1(c2ccc(C)cc2)NC(=O)N(CC(=O)N2CCCCCC2)C1=O. The Hall–Kier alpha value is -2.37. The molecule has 1 atom stereocenters. The summed E-state index contributed by atoms with van der Waals surface area (Å²) in [6.07, 6.45) is 4.65. The molecule has 26 heavy (non-hydrogen) atoms. The molecule has 1 N–H and O–H groups in total. The molecule has 1 aromatic rings. The summed E-state index contributed by atoms with van der Waals surface area (Å²) in [5, 5.41) is 2.84. The number of amides is 4. The number of nitrogens with zero attached hydrogens (tertiary/aromatic N) is 2. The van der Waals surface area contributed by atoms with E-state index in [2.05, 4.69) is 5.32 Å². The molecule has 1 aromatic carbocycles. The highest BCUT2D eigenvalue weighted by Gasteiger charge is 2.51. The van der Waals surface area contributed by atoms with E-state index in [9.17, 15) is 14.4 Å². The highest BCUT2D eigenvalue weighted by atomic mass is 16.2. The summed E-state index contributed by atoms with van der Waals surface area (Å²) in [5.74, 6) is -0.483. The molecule has 0 aromatic heterocycles. The van der Waals surface area contributed by atoms with Gasteiger partial charge in [0.05, 0.1) is 0 Å². The fraction of sp³-hybridized carbons (Fsp3) is 0.550. The lowest BCUT2D eigenvalue weighted by Crippen LogP contribution is -2.45. The van der Waals surface area contributed by atoms with Crippen LogP contribution >= 0.6 is 0 Å². The zero-order valence-corrected chi connectivity index (χ0v) is 15.6. The van der Waals surface area contributed by atoms with Crippen LogP contribution in [0.1, 0.15) is 50.2 Å². The maximum absolute atomic E-state index is 13.1. The van der Waals surface area contributed by atoms with Gasteiger partial charge in [-0.25, -0.2) is 4.79 Å². The number of hydrogen-bond acceptors (Lipinski definition) is 3. The Morgan fingerprint density at radius 3 is 2.27 bits per heavy atom. The van der Waals surface area contributed by atoms with Crippen molar-refractivity contribution in [2.75, 3.05) is 19.6 Å². The predicted octanol–water partition coefficient (Wildman–Crippen LogP) is 2.55. The van der Waals surface area contributed by atoms with Crippen LogP contribution in [-0.2, 0) is 15.1 Å². The highest BCUT2D eigenvalue weighted by Crippen LogP contribution is 2.32. The number of aryl methyl sites for hydroxylation is 1. The first-order chi connectivity index (χ1) is 12.5. The second kappa shape index (κ2) is 7.48. The van der Waals surface area contributed by atoms with E-state index >= 15 is 0 Å². The van der Waals surface area contributed by atoms with Crippen molar-refractivity contribution in [1.82, 2.24) is 15.1 Å². The Kier molecular flexibility index (Phi) is 5.30. The number of carbonyl (C=O) groups excluding carboxylic acids is 3. The highest BCUT2D eigenvalue weighted by molar-refractivity contribution is 6.09. The van der Waals surface area contributed by atoms with Crippen molar-refractivity contribution in [2.45, 2.75) is 51.5 Å². The third-order valence-electron chi connectivity index (χ3n) is 5.50. The molecule has 2 heterocycles. The molecule has 0 bridgehead atoms. The molecule has 3 rings (SSSR count). The minimum absolute atomic E-state index is 0.147. The molecule has 1 unspecified atom stereocenters. The van der Waals surface area contributed by atoms with Gasteiger partial charge in [0.15, 0.2) is 0 Å². The lowest BCUT2D eigenvalue weighted by molar-refractivity contribution is -0.139. The van der Waals surface area contributed by atoms with Crippen LogP contribution in [0.5, 0.6) is 0 Å². The average molecular weight is 357 g/mol. The molecule has 6 nitrogen and oxygen atoms in total. The summed E-state index contributed by atoms with van der Waals surface area (Å²) in [6, 6.07) is 7.11. The number of carbonyl (C=O) groups is 3. The van der Waals surface area contributed by atoms with Crippen LogP contribution < -0.4 is 5.32 Å². The van der Waals surface area contributed by atoms with Gasteiger partial charge in [-0.05, 0) is 31.7 Å². The van der Waals surface area contributed by atoms with Gasteiger partial charge in [-0.3, -0.25) is 14.5 Å². The third kappa shape index (κ3) is 3.32. The standard InChI is InChI=1S/C20H27N3O3/c1-3-20(16-10-8-15(2)9-11-16)18(25)23(19(26)21-20)14-17(24)22-12-6-4-5-7-13-22/h8-11H,3-7,12-14H2,1-2H3,(H,21,26). The average Bonchev–Trinajstić information content (AvgIpc) is 2.83. The maximum Gasteiger partial charge on any atom is 0.325 e. The topological polar surface area (TPSA) is 69.7 Å². The van der Waals surface area contributed by atoms with Crippen molar-refractivity contribution in [3.63, 3.8) is 0 Å². The molecular weight excluding hydrogens is 330 g/mol. The first kappa shape index (κ1) is 18.4. The molecule has 0 saturated carbocycles. The Bertz CT molecular complexity index is 693. The number of likely N-dealkylation sites (tertiary alicyclic amines) is 1.